The van der Waals surface area contributed by atoms with E-state index in [0.29, 0.717) is 22.8 Å². The van der Waals surface area contributed by atoms with Gasteiger partial charge in [0.1, 0.15) is 10.8 Å². The van der Waals surface area contributed by atoms with Crippen molar-refractivity contribution >= 4 is 33.1 Å². The Balaban J connectivity index is 1.95. The number of rotatable bonds is 4. The number of fused-ring (bicyclic) bond motifs is 1. The highest BCUT2D eigenvalue weighted by molar-refractivity contribution is 7.99. The second-order valence-electron chi connectivity index (χ2n) is 7.52. The highest BCUT2D eigenvalue weighted by Crippen LogP contribution is 2.34. The molecule has 1 aliphatic heterocycles. The zero-order valence-electron chi connectivity index (χ0n) is 17.0. The van der Waals surface area contributed by atoms with Crippen molar-refractivity contribution in [2.75, 3.05) is 24.2 Å². The first kappa shape index (κ1) is 20.2. The first-order valence-electron chi connectivity index (χ1n) is 9.56. The Morgan fingerprint density at radius 2 is 1.79 bits per heavy atom. The van der Waals surface area contributed by atoms with Gasteiger partial charge in [0.25, 0.3) is 0 Å². The maximum Gasteiger partial charge on any atom is 0.213 e. The standard InChI is InChI=1S/C20H25N5O2S2/c1-13-10-17(24-11-14(2)21-15(3)12-24)25-19(22-13)18(20(23-25)28-4)29(26,27)16-8-6-5-7-9-16/h5-10,14-15,21H,11-12H2,1-4H3/t14-,15+. The van der Waals surface area contributed by atoms with Crippen molar-refractivity contribution in [1.29, 1.82) is 0 Å². The highest BCUT2D eigenvalue weighted by atomic mass is 32.2. The van der Waals surface area contributed by atoms with E-state index >= 15 is 0 Å². The number of anilines is 1. The summed E-state index contributed by atoms with van der Waals surface area (Å²) in [5.74, 6) is 0.873. The van der Waals surface area contributed by atoms with E-state index < -0.39 is 9.84 Å². The molecule has 1 N–H and O–H groups in total. The molecule has 0 bridgehead atoms. The average Bonchev–Trinajstić information content (AvgIpc) is 3.06. The van der Waals surface area contributed by atoms with E-state index in [1.807, 2.05) is 19.2 Å². The van der Waals surface area contributed by atoms with Crippen molar-refractivity contribution in [2.24, 2.45) is 0 Å². The van der Waals surface area contributed by atoms with Gasteiger partial charge in [-0.2, -0.15) is 9.61 Å². The predicted octanol–water partition coefficient (Wildman–Crippen LogP) is 2.78. The summed E-state index contributed by atoms with van der Waals surface area (Å²) in [5, 5.41) is 8.66. The maximum absolute atomic E-state index is 13.5. The predicted molar refractivity (Wildman–Crippen MR) is 116 cm³/mol. The summed E-state index contributed by atoms with van der Waals surface area (Å²) in [6.45, 7) is 7.82. The first-order valence-corrected chi connectivity index (χ1v) is 12.3. The van der Waals surface area contributed by atoms with Crippen molar-refractivity contribution in [3.05, 3.63) is 42.1 Å². The number of piperazine rings is 1. The summed E-state index contributed by atoms with van der Waals surface area (Å²) in [6.07, 6.45) is 1.84. The minimum atomic E-state index is -3.75. The van der Waals surface area contributed by atoms with Crippen LogP contribution in [0.25, 0.3) is 5.65 Å². The lowest BCUT2D eigenvalue weighted by Crippen LogP contribution is -2.54. The van der Waals surface area contributed by atoms with Gasteiger partial charge in [-0.25, -0.2) is 13.4 Å². The maximum atomic E-state index is 13.5. The summed E-state index contributed by atoms with van der Waals surface area (Å²) in [4.78, 5) is 7.28. The van der Waals surface area contributed by atoms with Crippen LogP contribution in [0, 0.1) is 6.92 Å². The third kappa shape index (κ3) is 3.62. The zero-order valence-corrected chi connectivity index (χ0v) is 18.6. The SMILES string of the molecule is CSc1nn2c(N3C[C@@H](C)N[C@@H](C)C3)cc(C)nc2c1S(=O)(=O)c1ccccc1. The van der Waals surface area contributed by atoms with E-state index in [1.54, 1.807) is 34.8 Å². The average molecular weight is 432 g/mol. The summed E-state index contributed by atoms with van der Waals surface area (Å²) in [5.41, 5.74) is 1.15. The Bertz CT molecular complexity index is 1130. The van der Waals surface area contributed by atoms with Gasteiger partial charge in [0.05, 0.1) is 4.90 Å². The number of nitrogens with zero attached hydrogens (tertiary/aromatic N) is 4. The largest absolute Gasteiger partial charge is 0.353 e. The minimum absolute atomic E-state index is 0.178. The van der Waals surface area contributed by atoms with Crippen LogP contribution in [0.1, 0.15) is 19.5 Å². The number of hydrogen-bond acceptors (Lipinski definition) is 7. The fourth-order valence-electron chi connectivity index (χ4n) is 3.91. The van der Waals surface area contributed by atoms with E-state index in [0.717, 1.165) is 24.6 Å². The topological polar surface area (TPSA) is 79.6 Å². The molecule has 4 rings (SSSR count). The third-order valence-corrected chi connectivity index (χ3v) is 7.63. The van der Waals surface area contributed by atoms with E-state index in [-0.39, 0.29) is 9.79 Å². The second kappa shape index (κ2) is 7.62. The monoisotopic (exact) mass is 431 g/mol. The highest BCUT2D eigenvalue weighted by Gasteiger charge is 2.31. The molecule has 9 heteroatoms. The van der Waals surface area contributed by atoms with Crippen LogP contribution in [0.5, 0.6) is 0 Å². The van der Waals surface area contributed by atoms with Crippen molar-refractivity contribution in [3.63, 3.8) is 0 Å². The molecule has 29 heavy (non-hydrogen) atoms. The van der Waals surface area contributed by atoms with Crippen LogP contribution in [0.15, 0.2) is 51.2 Å². The molecule has 0 saturated carbocycles. The fraction of sp³-hybridized carbons (Fsp3) is 0.400. The molecule has 154 valence electrons. The van der Waals surface area contributed by atoms with Crippen LogP contribution in [0.2, 0.25) is 0 Å². The Morgan fingerprint density at radius 1 is 1.14 bits per heavy atom. The van der Waals surface area contributed by atoms with Crippen LogP contribution >= 0.6 is 11.8 Å². The molecular formula is C20H25N5O2S2. The van der Waals surface area contributed by atoms with E-state index in [4.69, 9.17) is 0 Å². The third-order valence-electron chi connectivity index (χ3n) is 5.02. The van der Waals surface area contributed by atoms with Gasteiger partial charge in [0.2, 0.25) is 9.84 Å². The molecule has 1 aromatic carbocycles. The van der Waals surface area contributed by atoms with Gasteiger partial charge in [0.15, 0.2) is 10.5 Å². The molecule has 0 unspecified atom stereocenters. The number of benzene rings is 1. The van der Waals surface area contributed by atoms with Crippen LogP contribution in [-0.2, 0) is 9.84 Å². The normalized spacial score (nSPS) is 20.3. The van der Waals surface area contributed by atoms with E-state index in [1.165, 1.54) is 11.8 Å². The Labute approximate surface area is 175 Å². The lowest BCUT2D eigenvalue weighted by atomic mass is 10.1. The first-order chi connectivity index (χ1) is 13.8. The molecule has 2 aromatic heterocycles. The van der Waals surface area contributed by atoms with Crippen molar-refractivity contribution in [2.45, 2.75) is 47.7 Å². The summed E-state index contributed by atoms with van der Waals surface area (Å²) in [6, 6.07) is 11.1. The number of sulfone groups is 1. The van der Waals surface area contributed by atoms with Crippen LogP contribution in [-0.4, -0.2) is 54.4 Å². The number of aromatic nitrogens is 3. The molecule has 0 spiro atoms. The molecule has 1 saturated heterocycles. The summed E-state index contributed by atoms with van der Waals surface area (Å²) >= 11 is 1.32. The summed E-state index contributed by atoms with van der Waals surface area (Å²) in [7, 11) is -3.75. The van der Waals surface area contributed by atoms with Gasteiger partial charge in [-0.1, -0.05) is 18.2 Å². The molecule has 3 heterocycles. The van der Waals surface area contributed by atoms with Crippen LogP contribution < -0.4 is 10.2 Å². The number of nitrogens with one attached hydrogen (secondary N) is 1. The summed E-state index contributed by atoms with van der Waals surface area (Å²) < 4.78 is 28.6. The minimum Gasteiger partial charge on any atom is -0.353 e. The molecule has 3 aromatic rings. The van der Waals surface area contributed by atoms with Gasteiger partial charge < -0.3 is 10.2 Å². The van der Waals surface area contributed by atoms with Gasteiger partial charge in [-0.3, -0.25) is 0 Å². The number of aryl methyl sites for hydroxylation is 1. The van der Waals surface area contributed by atoms with Crippen molar-refractivity contribution < 1.29 is 8.42 Å². The lowest BCUT2D eigenvalue weighted by molar-refractivity contribution is 0.403. The lowest BCUT2D eigenvalue weighted by Gasteiger charge is -2.37. The van der Waals surface area contributed by atoms with Crippen LogP contribution in [0.4, 0.5) is 5.82 Å². The molecule has 1 aliphatic rings. The van der Waals surface area contributed by atoms with Gasteiger partial charge in [0, 0.05) is 36.9 Å². The van der Waals surface area contributed by atoms with Gasteiger partial charge >= 0.3 is 0 Å². The van der Waals surface area contributed by atoms with E-state index in [9.17, 15) is 8.42 Å². The Kier molecular flexibility index (Phi) is 5.30. The van der Waals surface area contributed by atoms with Crippen molar-refractivity contribution in [1.82, 2.24) is 19.9 Å². The van der Waals surface area contributed by atoms with Gasteiger partial charge in [-0.05, 0) is 39.2 Å². The van der Waals surface area contributed by atoms with Gasteiger partial charge in [-0.15, -0.1) is 11.8 Å². The van der Waals surface area contributed by atoms with E-state index in [2.05, 4.69) is 34.1 Å². The van der Waals surface area contributed by atoms with Crippen molar-refractivity contribution in [3.8, 4) is 0 Å². The quantitative estimate of drug-likeness (QED) is 0.636. The molecule has 0 aliphatic carbocycles. The fourth-order valence-corrected chi connectivity index (χ4v) is 6.32. The van der Waals surface area contributed by atoms with Crippen LogP contribution in [0.3, 0.4) is 0 Å². The zero-order chi connectivity index (χ0) is 20.8. The smallest absolute Gasteiger partial charge is 0.213 e. The molecule has 1 fully saturated rings. The number of thioether (sulfide) groups is 1. The molecule has 0 amide bonds. The number of hydrogen-bond donors (Lipinski definition) is 1. The molecular weight excluding hydrogens is 406 g/mol. The Morgan fingerprint density at radius 3 is 2.41 bits per heavy atom. The molecule has 2 atom stereocenters. The Hall–Kier alpha value is -2.10. The molecule has 7 nitrogen and oxygen atoms in total. The molecule has 0 radical (unpaired) electrons. The second-order valence-corrected chi connectivity index (χ2v) is 10.2.